The Morgan fingerprint density at radius 2 is 1.63 bits per heavy atom. The van der Waals surface area contributed by atoms with E-state index in [0.29, 0.717) is 13.2 Å². The van der Waals surface area contributed by atoms with Crippen molar-refractivity contribution in [1.29, 1.82) is 0 Å². The summed E-state index contributed by atoms with van der Waals surface area (Å²) in [4.78, 5) is 33.3. The summed E-state index contributed by atoms with van der Waals surface area (Å²) in [5.41, 5.74) is 0. The van der Waals surface area contributed by atoms with Gasteiger partial charge in [-0.15, -0.1) is 0 Å². The molecule has 3 N–H and O–H groups in total. The molecule has 0 spiro atoms. The zero-order valence-corrected chi connectivity index (χ0v) is 10.9. The standard InChI is InChI=1S/C11H20N2O6/c1-19-6-4-2-3-5-12-11(18)13(7-9(14)15)8-10(16)17/h2-8H2,1H3,(H,12,18)(H,14,15)(H,16,17). The van der Waals surface area contributed by atoms with Crippen LogP contribution in [0.1, 0.15) is 19.3 Å². The van der Waals surface area contributed by atoms with Gasteiger partial charge in [-0.2, -0.15) is 0 Å². The summed E-state index contributed by atoms with van der Waals surface area (Å²) in [6, 6.07) is -0.684. The van der Waals surface area contributed by atoms with E-state index in [1.165, 1.54) is 0 Å². The number of carboxylic acids is 2. The molecule has 110 valence electrons. The molecule has 8 heteroatoms. The molecule has 0 heterocycles. The fraction of sp³-hybridized carbons (Fsp3) is 0.727. The van der Waals surface area contributed by atoms with E-state index in [9.17, 15) is 14.4 Å². The zero-order valence-electron chi connectivity index (χ0n) is 10.9. The van der Waals surface area contributed by atoms with Gasteiger partial charge in [-0.05, 0) is 19.3 Å². The minimum Gasteiger partial charge on any atom is -0.480 e. The van der Waals surface area contributed by atoms with Crippen LogP contribution in [0.4, 0.5) is 4.79 Å². The number of amides is 2. The van der Waals surface area contributed by atoms with E-state index >= 15 is 0 Å². The van der Waals surface area contributed by atoms with Gasteiger partial charge >= 0.3 is 18.0 Å². The number of aliphatic carboxylic acids is 2. The van der Waals surface area contributed by atoms with E-state index in [2.05, 4.69) is 5.32 Å². The first-order valence-corrected chi connectivity index (χ1v) is 5.92. The minimum absolute atomic E-state index is 0.373. The first kappa shape index (κ1) is 17.2. The summed E-state index contributed by atoms with van der Waals surface area (Å²) >= 11 is 0. The average molecular weight is 276 g/mol. The predicted molar refractivity (Wildman–Crippen MR) is 66.0 cm³/mol. The number of methoxy groups -OCH3 is 1. The molecule has 0 unspecified atom stereocenters. The molecule has 0 saturated carbocycles. The van der Waals surface area contributed by atoms with E-state index in [0.717, 1.165) is 24.2 Å². The van der Waals surface area contributed by atoms with Gasteiger partial charge in [0.2, 0.25) is 0 Å². The first-order chi connectivity index (χ1) is 8.97. The van der Waals surface area contributed by atoms with Crippen LogP contribution >= 0.6 is 0 Å². The van der Waals surface area contributed by atoms with Gasteiger partial charge < -0.3 is 25.2 Å². The van der Waals surface area contributed by atoms with Crippen LogP contribution in [-0.4, -0.2) is 66.4 Å². The smallest absolute Gasteiger partial charge is 0.323 e. The van der Waals surface area contributed by atoms with Crippen molar-refractivity contribution in [3.8, 4) is 0 Å². The normalized spacial score (nSPS) is 9.95. The zero-order chi connectivity index (χ0) is 14.7. The van der Waals surface area contributed by atoms with E-state index < -0.39 is 31.1 Å². The highest BCUT2D eigenvalue weighted by atomic mass is 16.5. The Labute approximate surface area is 111 Å². The summed E-state index contributed by atoms with van der Waals surface area (Å²) in [6.07, 6.45) is 2.47. The van der Waals surface area contributed by atoms with Gasteiger partial charge in [-0.3, -0.25) is 9.59 Å². The van der Waals surface area contributed by atoms with Crippen LogP contribution in [0.2, 0.25) is 0 Å². The summed E-state index contributed by atoms with van der Waals surface area (Å²) in [5.74, 6) is -2.51. The Bertz CT molecular complexity index is 292. The summed E-state index contributed by atoms with van der Waals surface area (Å²) in [6.45, 7) is -0.250. The van der Waals surface area contributed by atoms with Crippen LogP contribution in [-0.2, 0) is 14.3 Å². The molecule has 0 aliphatic heterocycles. The van der Waals surface area contributed by atoms with Crippen molar-refractivity contribution in [1.82, 2.24) is 10.2 Å². The average Bonchev–Trinajstić information content (AvgIpc) is 2.31. The van der Waals surface area contributed by atoms with Crippen LogP contribution in [0.3, 0.4) is 0 Å². The minimum atomic E-state index is -1.25. The molecule has 0 aliphatic rings. The molecule has 0 aliphatic carbocycles. The molecule has 0 aromatic rings. The van der Waals surface area contributed by atoms with E-state index in [1.54, 1.807) is 7.11 Å². The molecular weight excluding hydrogens is 256 g/mol. The fourth-order valence-electron chi connectivity index (χ4n) is 1.38. The number of rotatable bonds is 10. The number of nitrogens with one attached hydrogen (secondary N) is 1. The number of carboxylic acid groups (broad SMARTS) is 2. The van der Waals surface area contributed by atoms with Gasteiger partial charge in [0.15, 0.2) is 0 Å². The lowest BCUT2D eigenvalue weighted by Crippen LogP contribution is -2.45. The van der Waals surface area contributed by atoms with Gasteiger partial charge in [-0.1, -0.05) is 0 Å². The Morgan fingerprint density at radius 1 is 1.05 bits per heavy atom. The second-order valence-electron chi connectivity index (χ2n) is 3.93. The van der Waals surface area contributed by atoms with E-state index in [1.807, 2.05) is 0 Å². The number of hydrogen-bond acceptors (Lipinski definition) is 4. The summed E-state index contributed by atoms with van der Waals surface area (Å²) in [5, 5.41) is 19.7. The van der Waals surface area contributed by atoms with Crippen LogP contribution in [0.25, 0.3) is 0 Å². The van der Waals surface area contributed by atoms with Gasteiger partial charge in [0.25, 0.3) is 0 Å². The highest BCUT2D eigenvalue weighted by molar-refractivity contribution is 5.84. The third-order valence-corrected chi connectivity index (χ3v) is 2.24. The number of carbonyl (C=O) groups is 3. The molecular formula is C11H20N2O6. The maximum absolute atomic E-state index is 11.6. The lowest BCUT2D eigenvalue weighted by Gasteiger charge is -2.18. The van der Waals surface area contributed by atoms with Crippen LogP contribution < -0.4 is 5.32 Å². The molecule has 0 aromatic heterocycles. The van der Waals surface area contributed by atoms with Crippen molar-refractivity contribution in [3.05, 3.63) is 0 Å². The van der Waals surface area contributed by atoms with E-state index in [4.69, 9.17) is 14.9 Å². The topological polar surface area (TPSA) is 116 Å². The van der Waals surface area contributed by atoms with Crippen molar-refractivity contribution < 1.29 is 29.3 Å². The number of urea groups is 1. The number of nitrogens with zero attached hydrogens (tertiary/aromatic N) is 1. The maximum Gasteiger partial charge on any atom is 0.323 e. The second kappa shape index (κ2) is 10.1. The van der Waals surface area contributed by atoms with Crippen LogP contribution in [0.5, 0.6) is 0 Å². The van der Waals surface area contributed by atoms with Crippen LogP contribution in [0, 0.1) is 0 Å². The largest absolute Gasteiger partial charge is 0.480 e. The molecule has 0 bridgehead atoms. The predicted octanol–water partition coefficient (Wildman–Crippen LogP) is -0.0161. The molecule has 0 radical (unpaired) electrons. The molecule has 0 saturated heterocycles. The Hall–Kier alpha value is -1.83. The Balaban J connectivity index is 3.96. The molecule has 0 fully saturated rings. The third kappa shape index (κ3) is 9.83. The molecule has 8 nitrogen and oxygen atoms in total. The molecule has 0 atom stereocenters. The van der Waals surface area contributed by atoms with Crippen molar-refractivity contribution in [2.75, 3.05) is 33.4 Å². The number of unbranched alkanes of at least 4 members (excludes halogenated alkanes) is 2. The first-order valence-electron chi connectivity index (χ1n) is 5.92. The van der Waals surface area contributed by atoms with Crippen molar-refractivity contribution >= 4 is 18.0 Å². The highest BCUT2D eigenvalue weighted by Crippen LogP contribution is 1.95. The third-order valence-electron chi connectivity index (χ3n) is 2.24. The summed E-state index contributed by atoms with van der Waals surface area (Å²) in [7, 11) is 1.61. The van der Waals surface area contributed by atoms with Crippen molar-refractivity contribution in [2.24, 2.45) is 0 Å². The lowest BCUT2D eigenvalue weighted by molar-refractivity contribution is -0.140. The van der Waals surface area contributed by atoms with Gasteiger partial charge in [-0.25, -0.2) is 4.79 Å². The number of hydrogen-bond donors (Lipinski definition) is 3. The molecule has 19 heavy (non-hydrogen) atoms. The van der Waals surface area contributed by atoms with Crippen molar-refractivity contribution in [2.45, 2.75) is 19.3 Å². The van der Waals surface area contributed by atoms with E-state index in [-0.39, 0.29) is 0 Å². The maximum atomic E-state index is 11.6. The van der Waals surface area contributed by atoms with Gasteiger partial charge in [0.1, 0.15) is 13.1 Å². The Morgan fingerprint density at radius 3 is 2.11 bits per heavy atom. The fourth-order valence-corrected chi connectivity index (χ4v) is 1.38. The Kier molecular flexibility index (Phi) is 9.15. The van der Waals surface area contributed by atoms with Gasteiger partial charge in [0.05, 0.1) is 0 Å². The number of ether oxygens (including phenoxy) is 1. The highest BCUT2D eigenvalue weighted by Gasteiger charge is 2.18. The molecule has 0 aromatic carbocycles. The van der Waals surface area contributed by atoms with Crippen molar-refractivity contribution in [3.63, 3.8) is 0 Å². The summed E-state index contributed by atoms with van der Waals surface area (Å²) < 4.78 is 4.87. The second-order valence-corrected chi connectivity index (χ2v) is 3.93. The quantitative estimate of drug-likeness (QED) is 0.483. The number of carbonyl (C=O) groups excluding carboxylic acids is 1. The molecule has 2 amide bonds. The molecule has 0 rings (SSSR count). The van der Waals surface area contributed by atoms with Gasteiger partial charge in [0, 0.05) is 20.3 Å². The monoisotopic (exact) mass is 276 g/mol. The van der Waals surface area contributed by atoms with Crippen LogP contribution in [0.15, 0.2) is 0 Å². The lowest BCUT2D eigenvalue weighted by atomic mass is 10.2. The SMILES string of the molecule is COCCCCCNC(=O)N(CC(=O)O)CC(=O)O.